The number of nitrogens with two attached hydrogens (primary N) is 2. The van der Waals surface area contributed by atoms with Crippen molar-refractivity contribution in [1.82, 2.24) is 4.98 Å². The number of nitrogens with one attached hydrogen (secondary N) is 3. The van der Waals surface area contributed by atoms with E-state index in [1.807, 2.05) is 24.7 Å². The average molecular weight is 599 g/mol. The van der Waals surface area contributed by atoms with Crippen LogP contribution in [0.15, 0.2) is 42.7 Å². The third-order valence-corrected chi connectivity index (χ3v) is 7.97. The SMILES string of the molecule is COc1c(NC(=O)c2ccc(C)c(N(N)/C=C(\N)c3c[nH]c(C4CC4)[n+]3C)c2)cc(C(C)(C)CO)cc1NS(C)(=O)=O. The molecule has 0 radical (unpaired) electrons. The number of carbonyl (C=O) groups is 1. The molecule has 0 spiro atoms. The van der Waals surface area contributed by atoms with E-state index in [1.165, 1.54) is 12.1 Å². The lowest BCUT2D eigenvalue weighted by Gasteiger charge is -2.26. The fourth-order valence-corrected chi connectivity index (χ4v) is 5.25. The number of rotatable bonds is 11. The molecule has 4 rings (SSSR count). The normalized spacial score (nSPS) is 14.0. The molecule has 0 saturated heterocycles. The molecule has 1 fully saturated rings. The Kier molecular flexibility index (Phi) is 8.58. The number of hydrogen-bond donors (Lipinski definition) is 6. The van der Waals surface area contributed by atoms with E-state index in [0.29, 0.717) is 28.4 Å². The van der Waals surface area contributed by atoms with Crippen LogP contribution >= 0.6 is 0 Å². The summed E-state index contributed by atoms with van der Waals surface area (Å²) in [5.41, 5.74) is 9.56. The van der Waals surface area contributed by atoms with Gasteiger partial charge in [-0.2, -0.15) is 0 Å². The lowest BCUT2D eigenvalue weighted by molar-refractivity contribution is -0.680. The summed E-state index contributed by atoms with van der Waals surface area (Å²) in [6.07, 6.45) is 6.79. The first-order chi connectivity index (χ1) is 19.6. The minimum atomic E-state index is -3.67. The quantitative estimate of drug-likeness (QED) is 0.111. The van der Waals surface area contributed by atoms with Crippen LogP contribution in [0.1, 0.15) is 65.6 Å². The minimum absolute atomic E-state index is 0.125. The summed E-state index contributed by atoms with van der Waals surface area (Å²) < 4.78 is 34.1. The number of nitrogens with zero attached hydrogens (tertiary/aromatic N) is 2. The van der Waals surface area contributed by atoms with E-state index in [-0.39, 0.29) is 23.7 Å². The van der Waals surface area contributed by atoms with Gasteiger partial charge in [-0.25, -0.2) is 23.8 Å². The highest BCUT2D eigenvalue weighted by Crippen LogP contribution is 2.40. The second kappa shape index (κ2) is 11.7. The fraction of sp³-hybridized carbons (Fsp3) is 0.379. The number of ether oxygens (including phenoxy) is 1. The number of aromatic amines is 1. The van der Waals surface area contributed by atoms with Gasteiger partial charge in [0.1, 0.15) is 11.9 Å². The third kappa shape index (κ3) is 6.69. The summed E-state index contributed by atoms with van der Waals surface area (Å²) in [4.78, 5) is 16.8. The number of aliphatic hydroxyl groups excluding tert-OH is 1. The van der Waals surface area contributed by atoms with Crippen molar-refractivity contribution >= 4 is 38.7 Å². The van der Waals surface area contributed by atoms with Crippen molar-refractivity contribution in [3.05, 3.63) is 70.9 Å². The van der Waals surface area contributed by atoms with Crippen molar-refractivity contribution in [3.8, 4) is 5.75 Å². The van der Waals surface area contributed by atoms with Crippen LogP contribution in [-0.2, 0) is 22.5 Å². The van der Waals surface area contributed by atoms with Gasteiger partial charge in [0.05, 0.1) is 50.0 Å². The van der Waals surface area contributed by atoms with Crippen molar-refractivity contribution in [2.75, 3.05) is 35.0 Å². The summed E-state index contributed by atoms with van der Waals surface area (Å²) in [6, 6.07) is 8.31. The molecule has 13 heteroatoms. The van der Waals surface area contributed by atoms with E-state index in [0.717, 1.165) is 36.2 Å². The van der Waals surface area contributed by atoms with Crippen LogP contribution in [0.5, 0.6) is 5.75 Å². The van der Waals surface area contributed by atoms with Crippen molar-refractivity contribution in [2.45, 2.75) is 44.9 Å². The third-order valence-electron chi connectivity index (χ3n) is 7.38. The maximum atomic E-state index is 13.5. The number of hydrogen-bond acceptors (Lipinski definition) is 8. The van der Waals surface area contributed by atoms with Gasteiger partial charge < -0.3 is 20.9 Å². The molecule has 12 nitrogen and oxygen atoms in total. The first-order valence-electron chi connectivity index (χ1n) is 13.5. The molecule has 1 aliphatic carbocycles. The summed E-state index contributed by atoms with van der Waals surface area (Å²) in [5, 5.41) is 14.2. The highest BCUT2D eigenvalue weighted by molar-refractivity contribution is 7.92. The van der Waals surface area contributed by atoms with E-state index in [9.17, 15) is 18.3 Å². The number of aryl methyl sites for hydroxylation is 1. The molecular weight excluding hydrogens is 558 g/mol. The number of H-pyrrole nitrogens is 1. The van der Waals surface area contributed by atoms with Gasteiger partial charge in [0.25, 0.3) is 11.7 Å². The zero-order valence-electron chi connectivity index (χ0n) is 24.8. The second-order valence-electron chi connectivity index (χ2n) is 11.4. The monoisotopic (exact) mass is 598 g/mol. The molecule has 0 atom stereocenters. The summed E-state index contributed by atoms with van der Waals surface area (Å²) in [7, 11) is -0.340. The first-order valence-corrected chi connectivity index (χ1v) is 15.4. The van der Waals surface area contributed by atoms with E-state index in [4.69, 9.17) is 16.3 Å². The van der Waals surface area contributed by atoms with Crippen LogP contribution in [0.4, 0.5) is 17.1 Å². The second-order valence-corrected chi connectivity index (χ2v) is 13.1. The van der Waals surface area contributed by atoms with E-state index in [1.54, 1.807) is 50.4 Å². The van der Waals surface area contributed by atoms with Crippen molar-refractivity contribution in [3.63, 3.8) is 0 Å². The average Bonchev–Trinajstić information content (AvgIpc) is 3.68. The Bertz CT molecular complexity index is 1640. The number of methoxy groups -OCH3 is 1. The number of imidazole rings is 1. The zero-order chi connectivity index (χ0) is 31.0. The molecule has 2 aromatic carbocycles. The molecule has 0 unspecified atom stereocenters. The molecule has 1 aromatic heterocycles. The van der Waals surface area contributed by atoms with Gasteiger partial charge in [0.2, 0.25) is 10.0 Å². The maximum absolute atomic E-state index is 13.5. The lowest BCUT2D eigenvalue weighted by Crippen LogP contribution is -2.37. The van der Waals surface area contributed by atoms with Crippen LogP contribution in [0.2, 0.25) is 0 Å². The molecule has 1 saturated carbocycles. The Hall–Kier alpha value is -4.07. The lowest BCUT2D eigenvalue weighted by atomic mass is 9.85. The molecule has 1 heterocycles. The van der Waals surface area contributed by atoms with Gasteiger partial charge in [0.15, 0.2) is 11.4 Å². The number of sulfonamides is 1. The molecule has 0 aliphatic heterocycles. The highest BCUT2D eigenvalue weighted by Gasteiger charge is 2.34. The number of benzene rings is 2. The summed E-state index contributed by atoms with van der Waals surface area (Å²) in [5.74, 6) is 7.70. The van der Waals surface area contributed by atoms with Crippen LogP contribution in [0.25, 0.3) is 5.70 Å². The summed E-state index contributed by atoms with van der Waals surface area (Å²) in [6.45, 7) is 5.26. The number of hydrazine groups is 1. The predicted octanol–water partition coefficient (Wildman–Crippen LogP) is 2.56. The highest BCUT2D eigenvalue weighted by atomic mass is 32.2. The Balaban J connectivity index is 1.66. The van der Waals surface area contributed by atoms with Crippen LogP contribution in [0, 0.1) is 6.92 Å². The number of aliphatic hydroxyl groups is 1. The Labute approximate surface area is 246 Å². The van der Waals surface area contributed by atoms with Crippen molar-refractivity contribution < 1.29 is 27.6 Å². The van der Waals surface area contributed by atoms with Gasteiger partial charge in [-0.05, 0) is 55.2 Å². The molecule has 1 amide bonds. The van der Waals surface area contributed by atoms with Crippen LogP contribution in [0.3, 0.4) is 0 Å². The number of aromatic nitrogens is 2. The van der Waals surface area contributed by atoms with Crippen LogP contribution in [-0.4, -0.2) is 44.4 Å². The topological polar surface area (TPSA) is 180 Å². The van der Waals surface area contributed by atoms with Crippen molar-refractivity contribution in [2.24, 2.45) is 18.6 Å². The van der Waals surface area contributed by atoms with E-state index < -0.39 is 21.3 Å². The molecule has 0 bridgehead atoms. The predicted molar refractivity (Wildman–Crippen MR) is 163 cm³/mol. The van der Waals surface area contributed by atoms with Crippen LogP contribution < -0.4 is 35.9 Å². The smallest absolute Gasteiger partial charge is 0.257 e. The minimum Gasteiger partial charge on any atom is -0.492 e. The zero-order valence-corrected chi connectivity index (χ0v) is 25.6. The molecule has 8 N–H and O–H groups in total. The van der Waals surface area contributed by atoms with Gasteiger partial charge >= 0.3 is 0 Å². The number of amides is 1. The Morgan fingerprint density at radius 1 is 1.26 bits per heavy atom. The van der Waals surface area contributed by atoms with Gasteiger partial charge in [-0.3, -0.25) is 14.5 Å². The molecular formula is C29H40N7O5S+. The fourth-order valence-electron chi connectivity index (χ4n) is 4.70. The number of anilines is 3. The summed E-state index contributed by atoms with van der Waals surface area (Å²) >= 11 is 0. The first kappa shape index (κ1) is 30.9. The van der Waals surface area contributed by atoms with E-state index >= 15 is 0 Å². The Morgan fingerprint density at radius 2 is 1.93 bits per heavy atom. The molecule has 1 aliphatic rings. The Morgan fingerprint density at radius 3 is 2.52 bits per heavy atom. The molecule has 42 heavy (non-hydrogen) atoms. The van der Waals surface area contributed by atoms with Gasteiger partial charge in [0, 0.05) is 17.2 Å². The van der Waals surface area contributed by atoms with Gasteiger partial charge in [-0.15, -0.1) is 0 Å². The largest absolute Gasteiger partial charge is 0.492 e. The standard InChI is InChI=1S/C29H39N7O5S/c1-17-7-8-19(11-24(17)36(31)15-21(30)25-14-32-27(35(25)4)18-9-10-18)28(38)33-22-12-20(29(2,3)16-37)13-23(26(22)41-5)34-42(6,39)40/h7-8,11-15,18,34,37H,9-10,16,30-31H2,1-6H3,(H,33,38)/p+1/b21-15-. The van der Waals surface area contributed by atoms with Crippen molar-refractivity contribution in [1.29, 1.82) is 0 Å². The molecule has 3 aromatic rings. The number of carbonyl (C=O) groups excluding carboxylic acids is 1. The van der Waals surface area contributed by atoms with E-state index in [2.05, 4.69) is 15.0 Å². The van der Waals surface area contributed by atoms with Gasteiger partial charge in [-0.1, -0.05) is 19.9 Å². The maximum Gasteiger partial charge on any atom is 0.257 e. The molecule has 226 valence electrons.